The fourth-order valence-corrected chi connectivity index (χ4v) is 8.23. The topological polar surface area (TPSA) is 48.5 Å². The average Bonchev–Trinajstić information content (AvgIpc) is 3.80. The number of hydrogen-bond donors (Lipinski definition) is 0. The zero-order valence-corrected chi connectivity index (χ0v) is 30.3. The molecule has 0 unspecified atom stereocenters. The summed E-state index contributed by atoms with van der Waals surface area (Å²) >= 11 is 0. The van der Waals surface area contributed by atoms with Crippen LogP contribution in [0.5, 0.6) is 0 Å². The molecular formula is C51H33N5. The van der Waals surface area contributed by atoms with Crippen LogP contribution in [-0.2, 0) is 0 Å². The van der Waals surface area contributed by atoms with Crippen molar-refractivity contribution in [3.05, 3.63) is 200 Å². The van der Waals surface area contributed by atoms with Crippen molar-refractivity contribution in [2.45, 2.75) is 0 Å². The van der Waals surface area contributed by atoms with Gasteiger partial charge >= 0.3 is 0 Å². The summed E-state index contributed by atoms with van der Waals surface area (Å²) in [5, 5.41) is 4.90. The van der Waals surface area contributed by atoms with Crippen molar-refractivity contribution in [3.63, 3.8) is 0 Å². The van der Waals surface area contributed by atoms with E-state index in [0.29, 0.717) is 17.5 Å². The Bertz CT molecular complexity index is 3160. The lowest BCUT2D eigenvalue weighted by Crippen LogP contribution is -2.00. The van der Waals surface area contributed by atoms with Crippen LogP contribution in [0, 0.1) is 0 Å². The lowest BCUT2D eigenvalue weighted by atomic mass is 9.98. The third kappa shape index (κ3) is 5.21. The second kappa shape index (κ2) is 13.0. The molecule has 262 valence electrons. The molecule has 0 bridgehead atoms. The van der Waals surface area contributed by atoms with E-state index in [-0.39, 0.29) is 0 Å². The quantitative estimate of drug-likeness (QED) is 0.172. The second-order valence-corrected chi connectivity index (χ2v) is 14.1. The SMILES string of the molecule is c1ccc(-c2nc(-c3ccccc3)nc(-c3ccc(-c4cccc5c4c4ccccc4n5-c4ccc5c(c4)c4ccccc4n5-c4ccccc4)cc3)n2)cc1. The molecule has 0 fully saturated rings. The standard InChI is InChI=1S/C51H33N5/c1-4-15-35(16-5-1)49-52-50(36-17-6-2-7-18-36)54-51(53-49)37-29-27-34(28-30-37)40-23-14-26-47-48(40)42-22-11-13-25-45(42)56(47)39-31-32-46-43(33-39)41-21-10-12-24-44(41)55(46)38-19-8-3-9-20-38/h1-33H. The van der Waals surface area contributed by atoms with Gasteiger partial charge in [-0.3, -0.25) is 0 Å². The third-order valence-electron chi connectivity index (χ3n) is 10.8. The molecule has 0 spiro atoms. The molecule has 0 saturated carbocycles. The fourth-order valence-electron chi connectivity index (χ4n) is 8.23. The summed E-state index contributed by atoms with van der Waals surface area (Å²) in [5.74, 6) is 1.95. The maximum absolute atomic E-state index is 4.96. The van der Waals surface area contributed by atoms with Gasteiger partial charge in [-0.15, -0.1) is 0 Å². The van der Waals surface area contributed by atoms with Gasteiger partial charge in [-0.2, -0.15) is 0 Å². The van der Waals surface area contributed by atoms with E-state index in [2.05, 4.69) is 149 Å². The highest BCUT2D eigenvalue weighted by atomic mass is 15.0. The molecule has 0 amide bonds. The number of para-hydroxylation sites is 3. The molecule has 0 saturated heterocycles. The summed E-state index contributed by atoms with van der Waals surface area (Å²) in [4.78, 5) is 14.8. The summed E-state index contributed by atoms with van der Waals surface area (Å²) in [6.07, 6.45) is 0. The number of rotatable bonds is 6. The number of benzene rings is 8. The third-order valence-corrected chi connectivity index (χ3v) is 10.8. The zero-order valence-electron chi connectivity index (χ0n) is 30.3. The Kier molecular flexibility index (Phi) is 7.42. The Balaban J connectivity index is 1.05. The minimum atomic E-state index is 0.642. The Morgan fingerprint density at radius 2 is 0.750 bits per heavy atom. The first kappa shape index (κ1) is 31.9. The van der Waals surface area contributed by atoms with E-state index in [4.69, 9.17) is 15.0 Å². The van der Waals surface area contributed by atoms with E-state index in [1.807, 2.05) is 60.7 Å². The molecule has 3 heterocycles. The van der Waals surface area contributed by atoms with Gasteiger partial charge in [-0.1, -0.05) is 152 Å². The molecule has 0 aliphatic heterocycles. The molecule has 8 aromatic carbocycles. The minimum absolute atomic E-state index is 0.642. The molecule has 0 radical (unpaired) electrons. The van der Waals surface area contributed by atoms with Crippen LogP contribution in [-0.4, -0.2) is 24.1 Å². The van der Waals surface area contributed by atoms with E-state index in [0.717, 1.165) is 39.1 Å². The smallest absolute Gasteiger partial charge is 0.164 e. The van der Waals surface area contributed by atoms with Gasteiger partial charge in [0, 0.05) is 49.6 Å². The maximum Gasteiger partial charge on any atom is 0.164 e. The molecule has 0 aliphatic carbocycles. The van der Waals surface area contributed by atoms with Crippen molar-refractivity contribution in [1.29, 1.82) is 0 Å². The molecular weight excluding hydrogens is 683 g/mol. The van der Waals surface area contributed by atoms with Crippen molar-refractivity contribution in [2.75, 3.05) is 0 Å². The van der Waals surface area contributed by atoms with Gasteiger partial charge < -0.3 is 9.13 Å². The number of aromatic nitrogens is 5. The van der Waals surface area contributed by atoms with Crippen LogP contribution in [0.25, 0.3) is 100 Å². The Morgan fingerprint density at radius 3 is 1.39 bits per heavy atom. The second-order valence-electron chi connectivity index (χ2n) is 14.1. The van der Waals surface area contributed by atoms with Gasteiger partial charge in [0.25, 0.3) is 0 Å². The highest BCUT2D eigenvalue weighted by molar-refractivity contribution is 6.16. The van der Waals surface area contributed by atoms with E-state index in [1.165, 1.54) is 43.7 Å². The van der Waals surface area contributed by atoms with Gasteiger partial charge in [0.05, 0.1) is 22.1 Å². The van der Waals surface area contributed by atoms with Crippen molar-refractivity contribution in [3.8, 4) is 56.7 Å². The van der Waals surface area contributed by atoms with Crippen molar-refractivity contribution >= 4 is 43.6 Å². The number of fused-ring (bicyclic) bond motifs is 6. The van der Waals surface area contributed by atoms with E-state index in [1.54, 1.807) is 0 Å². The van der Waals surface area contributed by atoms with E-state index in [9.17, 15) is 0 Å². The molecule has 0 aliphatic rings. The zero-order chi connectivity index (χ0) is 37.0. The van der Waals surface area contributed by atoms with Gasteiger partial charge in [-0.05, 0) is 59.7 Å². The van der Waals surface area contributed by atoms with Crippen LogP contribution < -0.4 is 0 Å². The van der Waals surface area contributed by atoms with Crippen molar-refractivity contribution in [1.82, 2.24) is 24.1 Å². The van der Waals surface area contributed by atoms with Crippen molar-refractivity contribution in [2.24, 2.45) is 0 Å². The molecule has 56 heavy (non-hydrogen) atoms. The molecule has 5 heteroatoms. The van der Waals surface area contributed by atoms with Crippen LogP contribution in [0.2, 0.25) is 0 Å². The lowest BCUT2D eigenvalue weighted by Gasteiger charge is -2.11. The summed E-state index contributed by atoms with van der Waals surface area (Å²) in [7, 11) is 0. The Hall–Kier alpha value is -7.63. The van der Waals surface area contributed by atoms with Gasteiger partial charge in [0.2, 0.25) is 0 Å². The summed E-state index contributed by atoms with van der Waals surface area (Å²) in [6.45, 7) is 0. The first-order chi connectivity index (χ1) is 27.8. The van der Waals surface area contributed by atoms with Gasteiger partial charge in [0.1, 0.15) is 0 Å². The molecule has 0 N–H and O–H groups in total. The Labute approximate surface area is 323 Å². The molecule has 11 aromatic rings. The molecule has 3 aromatic heterocycles. The Morgan fingerprint density at radius 1 is 0.286 bits per heavy atom. The van der Waals surface area contributed by atoms with Crippen LogP contribution in [0.3, 0.4) is 0 Å². The summed E-state index contributed by atoms with van der Waals surface area (Å²) < 4.78 is 4.78. The first-order valence-corrected chi connectivity index (χ1v) is 18.9. The number of hydrogen-bond acceptors (Lipinski definition) is 3. The first-order valence-electron chi connectivity index (χ1n) is 18.9. The van der Waals surface area contributed by atoms with Gasteiger partial charge in [-0.25, -0.2) is 15.0 Å². The number of nitrogens with zero attached hydrogens (tertiary/aromatic N) is 5. The molecule has 0 atom stereocenters. The monoisotopic (exact) mass is 715 g/mol. The highest BCUT2D eigenvalue weighted by Crippen LogP contribution is 2.40. The predicted molar refractivity (Wildman–Crippen MR) is 230 cm³/mol. The summed E-state index contributed by atoms with van der Waals surface area (Å²) in [5.41, 5.74) is 12.2. The predicted octanol–water partition coefficient (Wildman–Crippen LogP) is 12.7. The summed E-state index contributed by atoms with van der Waals surface area (Å²) in [6, 6.07) is 70.4. The average molecular weight is 716 g/mol. The van der Waals surface area contributed by atoms with Gasteiger partial charge in [0.15, 0.2) is 17.5 Å². The van der Waals surface area contributed by atoms with Crippen LogP contribution in [0.1, 0.15) is 0 Å². The van der Waals surface area contributed by atoms with E-state index >= 15 is 0 Å². The molecule has 11 rings (SSSR count). The van der Waals surface area contributed by atoms with Crippen LogP contribution in [0.4, 0.5) is 0 Å². The van der Waals surface area contributed by atoms with Crippen LogP contribution >= 0.6 is 0 Å². The normalized spacial score (nSPS) is 11.6. The minimum Gasteiger partial charge on any atom is -0.309 e. The lowest BCUT2D eigenvalue weighted by molar-refractivity contribution is 1.07. The highest BCUT2D eigenvalue weighted by Gasteiger charge is 2.19. The fraction of sp³-hybridized carbons (Fsp3) is 0. The van der Waals surface area contributed by atoms with Crippen molar-refractivity contribution < 1.29 is 0 Å². The largest absolute Gasteiger partial charge is 0.309 e. The van der Waals surface area contributed by atoms with E-state index < -0.39 is 0 Å². The van der Waals surface area contributed by atoms with Crippen LogP contribution in [0.15, 0.2) is 200 Å². The molecule has 5 nitrogen and oxygen atoms in total. The maximum atomic E-state index is 4.96.